The van der Waals surface area contributed by atoms with Gasteiger partial charge in [0.2, 0.25) is 11.8 Å². The third-order valence-corrected chi connectivity index (χ3v) is 6.68. The summed E-state index contributed by atoms with van der Waals surface area (Å²) < 4.78 is 34.0. The summed E-state index contributed by atoms with van der Waals surface area (Å²) in [4.78, 5) is 12.2. The fraction of sp³-hybridized carbons (Fsp3) is 0.471. The summed E-state index contributed by atoms with van der Waals surface area (Å²) in [6, 6.07) is 7.22. The number of carbonyl (C=O) groups excluding carboxylic acids is 1. The second-order valence-corrected chi connectivity index (χ2v) is 9.36. The average Bonchev–Trinajstić information content (AvgIpc) is 3.21. The van der Waals surface area contributed by atoms with Crippen molar-refractivity contribution in [1.82, 2.24) is 10.2 Å². The Bertz CT molecular complexity index is 897. The van der Waals surface area contributed by atoms with Gasteiger partial charge < -0.3 is 14.5 Å². The van der Waals surface area contributed by atoms with Crippen molar-refractivity contribution in [1.29, 1.82) is 0 Å². The van der Waals surface area contributed by atoms with Crippen LogP contribution in [0.25, 0.3) is 0 Å². The van der Waals surface area contributed by atoms with Gasteiger partial charge in [-0.25, -0.2) is 8.42 Å². The summed E-state index contributed by atoms with van der Waals surface area (Å²) >= 11 is 1.13. The van der Waals surface area contributed by atoms with Crippen LogP contribution >= 0.6 is 11.8 Å². The van der Waals surface area contributed by atoms with Crippen LogP contribution in [-0.2, 0) is 21.1 Å². The molecule has 0 radical (unpaired) electrons. The lowest BCUT2D eigenvalue weighted by Crippen LogP contribution is -2.14. The van der Waals surface area contributed by atoms with Crippen LogP contribution in [0.3, 0.4) is 0 Å². The Morgan fingerprint density at radius 1 is 1.37 bits per heavy atom. The number of anilines is 1. The normalized spacial score (nSPS) is 18.3. The molecule has 2 aromatic rings. The monoisotopic (exact) mass is 411 g/mol. The number of hydrogen-bond donors (Lipinski definition) is 1. The quantitative estimate of drug-likeness (QED) is 0.658. The molecule has 27 heavy (non-hydrogen) atoms. The third-order valence-electron chi connectivity index (χ3n) is 4.03. The number of ether oxygens (including phenoxy) is 1. The summed E-state index contributed by atoms with van der Waals surface area (Å²) in [7, 11) is -2.93. The number of sulfone groups is 1. The molecular formula is C17H21N3O5S2. The van der Waals surface area contributed by atoms with Gasteiger partial charge in [-0.15, -0.1) is 10.2 Å². The maximum atomic E-state index is 12.2. The van der Waals surface area contributed by atoms with Gasteiger partial charge in [0.25, 0.3) is 5.22 Å². The number of carbonyl (C=O) groups is 1. The second-order valence-electron chi connectivity index (χ2n) is 6.20. The number of nitrogens with zero attached hydrogens (tertiary/aromatic N) is 2. The van der Waals surface area contributed by atoms with E-state index >= 15 is 0 Å². The highest BCUT2D eigenvalue weighted by Gasteiger charge is 2.29. The minimum Gasteiger partial charge on any atom is -0.492 e. The van der Waals surface area contributed by atoms with Crippen LogP contribution in [0.15, 0.2) is 33.9 Å². The van der Waals surface area contributed by atoms with Crippen LogP contribution in [0.5, 0.6) is 5.75 Å². The Kier molecular flexibility index (Phi) is 6.38. The van der Waals surface area contributed by atoms with E-state index < -0.39 is 9.84 Å². The van der Waals surface area contributed by atoms with Crippen molar-refractivity contribution in [2.45, 2.75) is 25.0 Å². The average molecular weight is 412 g/mol. The molecule has 3 rings (SSSR count). The SMILES string of the molecule is CCOc1ccccc1NC(=O)CSc1nnc(C[C@@H]2CCS(=O)(=O)C2)o1. The Labute approximate surface area is 162 Å². The number of hydrogen-bond acceptors (Lipinski definition) is 8. The molecule has 1 aliphatic rings. The van der Waals surface area contributed by atoms with Crippen molar-refractivity contribution in [3.05, 3.63) is 30.2 Å². The van der Waals surface area contributed by atoms with Crippen molar-refractivity contribution in [3.63, 3.8) is 0 Å². The number of thioether (sulfide) groups is 1. The van der Waals surface area contributed by atoms with E-state index in [2.05, 4.69) is 15.5 Å². The van der Waals surface area contributed by atoms with Crippen molar-refractivity contribution in [3.8, 4) is 5.75 Å². The zero-order valence-electron chi connectivity index (χ0n) is 14.9. The molecule has 0 saturated carbocycles. The molecule has 1 fully saturated rings. The fourth-order valence-corrected chi connectivity index (χ4v) is 5.27. The molecular weight excluding hydrogens is 390 g/mol. The molecule has 1 amide bonds. The predicted molar refractivity (Wildman–Crippen MR) is 102 cm³/mol. The highest BCUT2D eigenvalue weighted by molar-refractivity contribution is 7.99. The zero-order valence-corrected chi connectivity index (χ0v) is 16.5. The molecule has 1 aromatic carbocycles. The van der Waals surface area contributed by atoms with Gasteiger partial charge >= 0.3 is 0 Å². The van der Waals surface area contributed by atoms with E-state index in [0.717, 1.165) is 11.8 Å². The fourth-order valence-electron chi connectivity index (χ4n) is 2.82. The number of aromatic nitrogens is 2. The molecule has 0 bridgehead atoms. The van der Waals surface area contributed by atoms with Gasteiger partial charge in [0, 0.05) is 6.42 Å². The summed E-state index contributed by atoms with van der Waals surface area (Å²) in [5.74, 6) is 1.32. The topological polar surface area (TPSA) is 111 Å². The van der Waals surface area contributed by atoms with E-state index in [1.807, 2.05) is 19.1 Å². The highest BCUT2D eigenvalue weighted by Crippen LogP contribution is 2.26. The lowest BCUT2D eigenvalue weighted by Gasteiger charge is -2.10. The van der Waals surface area contributed by atoms with Gasteiger partial charge in [-0.2, -0.15) is 0 Å². The molecule has 8 nitrogen and oxygen atoms in total. The van der Waals surface area contributed by atoms with Gasteiger partial charge in [0.15, 0.2) is 9.84 Å². The van der Waals surface area contributed by atoms with E-state index in [9.17, 15) is 13.2 Å². The van der Waals surface area contributed by atoms with E-state index in [-0.39, 0.29) is 29.1 Å². The number of para-hydroxylation sites is 2. The standard InChI is InChI=1S/C17H21N3O5S2/c1-2-24-14-6-4-3-5-13(14)18-15(21)10-26-17-20-19-16(25-17)9-12-7-8-27(22,23)11-12/h3-6,12H,2,7-11H2,1H3,(H,18,21)/t12-/m0/s1. The molecule has 1 atom stereocenters. The minimum absolute atomic E-state index is 0.0201. The highest BCUT2D eigenvalue weighted by atomic mass is 32.2. The van der Waals surface area contributed by atoms with Gasteiger partial charge in [-0.05, 0) is 31.4 Å². The summed E-state index contributed by atoms with van der Waals surface area (Å²) in [6.45, 7) is 2.39. The smallest absolute Gasteiger partial charge is 0.277 e. The zero-order chi connectivity index (χ0) is 19.3. The Hall–Kier alpha value is -2.07. The Morgan fingerprint density at radius 2 is 2.19 bits per heavy atom. The molecule has 146 valence electrons. The first kappa shape index (κ1) is 19.7. The van der Waals surface area contributed by atoms with Crippen LogP contribution in [-0.4, -0.2) is 48.4 Å². The first-order valence-electron chi connectivity index (χ1n) is 8.62. The number of amides is 1. The lowest BCUT2D eigenvalue weighted by atomic mass is 10.1. The second kappa shape index (κ2) is 8.75. The van der Waals surface area contributed by atoms with Crippen LogP contribution in [0.2, 0.25) is 0 Å². The molecule has 2 heterocycles. The van der Waals surface area contributed by atoms with Gasteiger partial charge in [0.05, 0.1) is 29.6 Å². The van der Waals surface area contributed by atoms with Crippen molar-refractivity contribution >= 4 is 33.2 Å². The summed E-state index contributed by atoms with van der Waals surface area (Å²) in [5.41, 5.74) is 0.610. The van der Waals surface area contributed by atoms with Gasteiger partial charge in [0.1, 0.15) is 5.75 Å². The van der Waals surface area contributed by atoms with E-state index in [1.165, 1.54) is 0 Å². The molecule has 0 aliphatic carbocycles. The molecule has 1 aromatic heterocycles. The first-order chi connectivity index (χ1) is 12.9. The van der Waals surface area contributed by atoms with E-state index in [4.69, 9.17) is 9.15 Å². The van der Waals surface area contributed by atoms with Crippen molar-refractivity contribution < 1.29 is 22.4 Å². The molecule has 10 heteroatoms. The maximum absolute atomic E-state index is 12.2. The Morgan fingerprint density at radius 3 is 2.93 bits per heavy atom. The number of nitrogens with one attached hydrogen (secondary N) is 1. The largest absolute Gasteiger partial charge is 0.492 e. The number of benzene rings is 1. The van der Waals surface area contributed by atoms with Crippen molar-refractivity contribution in [2.24, 2.45) is 5.92 Å². The predicted octanol–water partition coefficient (Wildman–Crippen LogP) is 2.18. The molecule has 0 unspecified atom stereocenters. The minimum atomic E-state index is -2.93. The molecule has 0 spiro atoms. The van der Waals surface area contributed by atoms with Crippen LogP contribution in [0, 0.1) is 5.92 Å². The maximum Gasteiger partial charge on any atom is 0.277 e. The van der Waals surface area contributed by atoms with E-state index in [0.29, 0.717) is 42.0 Å². The summed E-state index contributed by atoms with van der Waals surface area (Å²) in [6.07, 6.45) is 1.07. The Balaban J connectivity index is 1.49. The van der Waals surface area contributed by atoms with Crippen molar-refractivity contribution in [2.75, 3.05) is 29.2 Å². The third kappa shape index (κ3) is 5.70. The summed E-state index contributed by atoms with van der Waals surface area (Å²) in [5, 5.41) is 10.9. The lowest BCUT2D eigenvalue weighted by molar-refractivity contribution is -0.113. The molecule has 1 saturated heterocycles. The van der Waals surface area contributed by atoms with Gasteiger partial charge in [-0.3, -0.25) is 4.79 Å². The first-order valence-corrected chi connectivity index (χ1v) is 11.4. The van der Waals surface area contributed by atoms with E-state index in [1.54, 1.807) is 12.1 Å². The molecule has 1 N–H and O–H groups in total. The van der Waals surface area contributed by atoms with Crippen LogP contribution in [0.4, 0.5) is 5.69 Å². The molecule has 1 aliphatic heterocycles. The van der Waals surface area contributed by atoms with Gasteiger partial charge in [-0.1, -0.05) is 23.9 Å². The number of rotatable bonds is 8. The van der Waals surface area contributed by atoms with Crippen LogP contribution in [0.1, 0.15) is 19.2 Å². The van der Waals surface area contributed by atoms with Crippen LogP contribution < -0.4 is 10.1 Å².